The van der Waals surface area contributed by atoms with Crippen LogP contribution in [0, 0.1) is 11.8 Å². The van der Waals surface area contributed by atoms with Crippen LogP contribution in [0.15, 0.2) is 39.6 Å². The lowest BCUT2D eigenvalue weighted by Crippen LogP contribution is -2.25. The number of hydrogen-bond acceptors (Lipinski definition) is 2. The number of ether oxygens (including phenoxy) is 1. The summed E-state index contributed by atoms with van der Waals surface area (Å²) in [6.07, 6.45) is -2.66. The summed E-state index contributed by atoms with van der Waals surface area (Å²) in [4.78, 5) is 12.2. The van der Waals surface area contributed by atoms with Gasteiger partial charge in [0.05, 0.1) is 21.7 Å². The Morgan fingerprint density at radius 1 is 1.33 bits per heavy atom. The van der Waals surface area contributed by atoms with Gasteiger partial charge in [0.1, 0.15) is 12.4 Å². The van der Waals surface area contributed by atoms with Gasteiger partial charge in [0, 0.05) is 5.56 Å². The lowest BCUT2D eigenvalue weighted by molar-refractivity contribution is 0.126. The molecule has 0 bridgehead atoms. The second kappa shape index (κ2) is 8.32. The first-order valence-electron chi connectivity index (χ1n) is 6.94. The predicted octanol–water partition coefficient (Wildman–Crippen LogP) is 4.60. The van der Waals surface area contributed by atoms with Crippen LogP contribution < -0.4 is 10.3 Å². The Labute approximate surface area is 151 Å². The maximum Gasteiger partial charge on any atom is 0.265 e. The molecule has 0 radical (unpaired) electrons. The zero-order valence-electron chi connectivity index (χ0n) is 12.7. The van der Waals surface area contributed by atoms with Crippen LogP contribution in [0.4, 0.5) is 8.78 Å². The Bertz CT molecular complexity index is 856. The second-order valence-electron chi connectivity index (χ2n) is 4.73. The molecule has 0 saturated carbocycles. The molecular weight excluding hydrogens is 404 g/mol. The van der Waals surface area contributed by atoms with E-state index in [1.54, 1.807) is 31.2 Å². The van der Waals surface area contributed by atoms with Gasteiger partial charge in [-0.2, -0.15) is 0 Å². The van der Waals surface area contributed by atoms with E-state index in [1.165, 1.54) is 6.07 Å². The van der Waals surface area contributed by atoms with Crippen molar-refractivity contribution in [2.45, 2.75) is 19.9 Å². The lowest BCUT2D eigenvalue weighted by Gasteiger charge is -2.15. The molecule has 2 aromatic rings. The number of aromatic nitrogens is 1. The minimum absolute atomic E-state index is 0.209. The smallest absolute Gasteiger partial charge is 0.265 e. The Morgan fingerprint density at radius 2 is 2.08 bits per heavy atom. The number of halogens is 4. The summed E-state index contributed by atoms with van der Waals surface area (Å²) in [5, 5.41) is 0.293. The van der Waals surface area contributed by atoms with E-state index in [0.29, 0.717) is 22.0 Å². The van der Waals surface area contributed by atoms with E-state index in [4.69, 9.17) is 16.3 Å². The molecule has 0 fully saturated rings. The van der Waals surface area contributed by atoms with Gasteiger partial charge in [0.15, 0.2) is 0 Å². The zero-order valence-corrected chi connectivity index (χ0v) is 15.0. The van der Waals surface area contributed by atoms with Crippen LogP contribution in [0.3, 0.4) is 0 Å². The zero-order chi connectivity index (χ0) is 17.7. The molecule has 0 N–H and O–H groups in total. The quantitative estimate of drug-likeness (QED) is 0.667. The van der Waals surface area contributed by atoms with Crippen LogP contribution in [0.2, 0.25) is 5.02 Å². The third-order valence-corrected chi connectivity index (χ3v) is 4.07. The first-order chi connectivity index (χ1) is 11.4. The molecule has 0 atom stereocenters. The Kier molecular flexibility index (Phi) is 6.41. The van der Waals surface area contributed by atoms with Crippen LogP contribution in [-0.2, 0) is 6.54 Å². The standard InChI is InChI=1S/C17H13BrClF2NO2/c1-2-3-8-24-11-4-5-12(14(19)9-11)15-7-6-13(18)17(23)22(15)10-16(20)21/h4-7,9,16H,8,10H2,1H3. The van der Waals surface area contributed by atoms with Crippen LogP contribution in [0.1, 0.15) is 6.92 Å². The summed E-state index contributed by atoms with van der Waals surface area (Å²) < 4.78 is 32.3. The van der Waals surface area contributed by atoms with Gasteiger partial charge in [-0.1, -0.05) is 17.5 Å². The fourth-order valence-electron chi connectivity index (χ4n) is 2.09. The average Bonchev–Trinajstić information content (AvgIpc) is 2.53. The molecular formula is C17H13BrClF2NO2. The number of benzene rings is 1. The molecule has 1 aromatic heterocycles. The Hall–Kier alpha value is -1.84. The van der Waals surface area contributed by atoms with Crippen LogP contribution in [0.25, 0.3) is 11.3 Å². The summed E-state index contributed by atoms with van der Waals surface area (Å²) in [6.45, 7) is 1.21. The van der Waals surface area contributed by atoms with Crippen molar-refractivity contribution in [1.29, 1.82) is 0 Å². The van der Waals surface area contributed by atoms with Crippen molar-refractivity contribution in [3.63, 3.8) is 0 Å². The molecule has 0 aliphatic rings. The van der Waals surface area contributed by atoms with Crippen LogP contribution in [-0.4, -0.2) is 17.6 Å². The molecule has 0 saturated heterocycles. The van der Waals surface area contributed by atoms with Gasteiger partial charge >= 0.3 is 0 Å². The molecule has 0 aliphatic heterocycles. The van der Waals surface area contributed by atoms with E-state index >= 15 is 0 Å². The fourth-order valence-corrected chi connectivity index (χ4v) is 2.70. The minimum atomic E-state index is -2.66. The summed E-state index contributed by atoms with van der Waals surface area (Å²) >= 11 is 9.31. The SMILES string of the molecule is CC#CCOc1ccc(-c2ccc(Br)c(=O)n2CC(F)F)c(Cl)c1. The molecule has 126 valence electrons. The van der Waals surface area contributed by atoms with Gasteiger partial charge in [0.25, 0.3) is 12.0 Å². The van der Waals surface area contributed by atoms with Crippen molar-refractivity contribution >= 4 is 27.5 Å². The highest BCUT2D eigenvalue weighted by atomic mass is 79.9. The summed E-state index contributed by atoms with van der Waals surface area (Å²) in [7, 11) is 0. The van der Waals surface area contributed by atoms with Gasteiger partial charge in [-0.25, -0.2) is 8.78 Å². The van der Waals surface area contributed by atoms with Gasteiger partial charge in [-0.3, -0.25) is 4.79 Å². The number of nitrogens with zero attached hydrogens (tertiary/aromatic N) is 1. The van der Waals surface area contributed by atoms with Crippen molar-refractivity contribution in [3.05, 3.63) is 50.2 Å². The van der Waals surface area contributed by atoms with E-state index < -0.39 is 18.5 Å². The highest BCUT2D eigenvalue weighted by molar-refractivity contribution is 9.10. The highest BCUT2D eigenvalue weighted by Gasteiger charge is 2.16. The maximum absolute atomic E-state index is 12.8. The molecule has 0 spiro atoms. The summed E-state index contributed by atoms with van der Waals surface area (Å²) in [5.74, 6) is 5.97. The topological polar surface area (TPSA) is 31.2 Å². The van der Waals surface area contributed by atoms with E-state index in [0.717, 1.165) is 4.57 Å². The highest BCUT2D eigenvalue weighted by Crippen LogP contribution is 2.31. The van der Waals surface area contributed by atoms with Crippen molar-refractivity contribution in [3.8, 4) is 28.8 Å². The van der Waals surface area contributed by atoms with Gasteiger partial charge in [-0.05, 0) is 53.2 Å². The molecule has 3 nitrogen and oxygen atoms in total. The van der Waals surface area contributed by atoms with E-state index in [9.17, 15) is 13.6 Å². The van der Waals surface area contributed by atoms with Crippen molar-refractivity contribution in [2.24, 2.45) is 0 Å². The summed E-state index contributed by atoms with van der Waals surface area (Å²) in [5.41, 5.74) is 0.242. The Balaban J connectivity index is 2.46. The van der Waals surface area contributed by atoms with Crippen LogP contribution in [0.5, 0.6) is 5.75 Å². The molecule has 2 rings (SSSR count). The number of hydrogen-bond donors (Lipinski definition) is 0. The van der Waals surface area contributed by atoms with Crippen molar-refractivity contribution in [2.75, 3.05) is 6.61 Å². The second-order valence-corrected chi connectivity index (χ2v) is 5.99. The third-order valence-electron chi connectivity index (χ3n) is 3.15. The van der Waals surface area contributed by atoms with Crippen molar-refractivity contribution < 1.29 is 13.5 Å². The predicted molar refractivity (Wildman–Crippen MR) is 93.8 cm³/mol. The molecule has 0 unspecified atom stereocenters. The lowest BCUT2D eigenvalue weighted by atomic mass is 10.1. The van der Waals surface area contributed by atoms with E-state index in [-0.39, 0.29) is 11.1 Å². The fraction of sp³-hybridized carbons (Fsp3) is 0.235. The maximum atomic E-state index is 12.8. The van der Waals surface area contributed by atoms with E-state index in [2.05, 4.69) is 27.8 Å². The molecule has 7 heteroatoms. The first kappa shape index (κ1) is 18.5. The first-order valence-corrected chi connectivity index (χ1v) is 8.11. The Morgan fingerprint density at radius 3 is 2.71 bits per heavy atom. The third kappa shape index (κ3) is 4.37. The van der Waals surface area contributed by atoms with Gasteiger partial charge in [-0.15, -0.1) is 5.92 Å². The van der Waals surface area contributed by atoms with E-state index in [1.807, 2.05) is 0 Å². The minimum Gasteiger partial charge on any atom is -0.481 e. The largest absolute Gasteiger partial charge is 0.481 e. The number of rotatable bonds is 5. The number of pyridine rings is 1. The molecule has 0 amide bonds. The van der Waals surface area contributed by atoms with Crippen LogP contribution >= 0.6 is 27.5 Å². The number of alkyl halides is 2. The van der Waals surface area contributed by atoms with Gasteiger partial charge < -0.3 is 9.30 Å². The van der Waals surface area contributed by atoms with Crippen molar-refractivity contribution in [1.82, 2.24) is 4.57 Å². The average molecular weight is 417 g/mol. The normalized spacial score (nSPS) is 10.4. The summed E-state index contributed by atoms with van der Waals surface area (Å²) in [6, 6.07) is 7.92. The molecule has 1 heterocycles. The molecule has 24 heavy (non-hydrogen) atoms. The van der Waals surface area contributed by atoms with Gasteiger partial charge in [0.2, 0.25) is 0 Å². The molecule has 0 aliphatic carbocycles. The molecule has 1 aromatic carbocycles. The monoisotopic (exact) mass is 415 g/mol.